The van der Waals surface area contributed by atoms with Gasteiger partial charge in [-0.1, -0.05) is 24.3 Å². The maximum absolute atomic E-state index is 14.5. The summed E-state index contributed by atoms with van der Waals surface area (Å²) in [5, 5.41) is 10.3. The van der Waals surface area contributed by atoms with Crippen molar-refractivity contribution >= 4 is 38.7 Å². The van der Waals surface area contributed by atoms with Gasteiger partial charge < -0.3 is 9.67 Å². The topological polar surface area (TPSA) is 91.6 Å². The summed E-state index contributed by atoms with van der Waals surface area (Å²) in [7, 11) is -0.779. The number of carbonyl (C=O) groups is 1. The summed E-state index contributed by atoms with van der Waals surface area (Å²) in [4.78, 5) is 14.3. The standard InChI is InChI=1S/C22H23ClFN3O4S/c1-14-20(15-6-4-7-17(12-15)32(30,31)26(2)3)18-8-5-9-19(22(28)29)21(18)27(14)13-16(24)10-11-25-23/h4-10,12,25H,11,13H2,1-3H3,(H,28,29)/b16-10-. The van der Waals surface area contributed by atoms with Crippen LogP contribution in [0.15, 0.2) is 59.3 Å². The number of nitrogens with zero attached hydrogens (tertiary/aromatic N) is 2. The molecule has 0 unspecified atom stereocenters. The van der Waals surface area contributed by atoms with Gasteiger partial charge in [0.15, 0.2) is 0 Å². The number of halogens is 2. The highest BCUT2D eigenvalue weighted by atomic mass is 35.5. The lowest BCUT2D eigenvalue weighted by molar-refractivity contribution is 0.0698. The lowest BCUT2D eigenvalue weighted by Gasteiger charge is -2.13. The molecule has 0 amide bonds. The van der Waals surface area contributed by atoms with Crippen molar-refractivity contribution in [3.8, 4) is 11.1 Å². The number of benzene rings is 2. The van der Waals surface area contributed by atoms with E-state index in [2.05, 4.69) is 4.84 Å². The zero-order valence-electron chi connectivity index (χ0n) is 17.8. The van der Waals surface area contributed by atoms with Crippen molar-refractivity contribution < 1.29 is 22.7 Å². The first-order valence-electron chi connectivity index (χ1n) is 9.65. The molecule has 3 aromatic rings. The van der Waals surface area contributed by atoms with Crippen LogP contribution in [0.25, 0.3) is 22.0 Å². The summed E-state index contributed by atoms with van der Waals surface area (Å²) in [6.45, 7) is 1.66. The van der Waals surface area contributed by atoms with Crippen molar-refractivity contribution in [2.75, 3.05) is 20.6 Å². The first-order chi connectivity index (χ1) is 15.1. The van der Waals surface area contributed by atoms with Gasteiger partial charge in [0.2, 0.25) is 10.0 Å². The number of hydrogen-bond acceptors (Lipinski definition) is 4. The van der Waals surface area contributed by atoms with Crippen molar-refractivity contribution in [2.45, 2.75) is 18.4 Å². The monoisotopic (exact) mass is 479 g/mol. The molecule has 0 fully saturated rings. The number of aromatic nitrogens is 1. The van der Waals surface area contributed by atoms with E-state index in [1.807, 2.05) is 0 Å². The molecule has 0 aliphatic rings. The Morgan fingerprint density at radius 3 is 2.56 bits per heavy atom. The lowest BCUT2D eigenvalue weighted by atomic mass is 10.0. The molecule has 0 radical (unpaired) electrons. The molecule has 0 saturated carbocycles. The second kappa shape index (κ2) is 9.41. The van der Waals surface area contributed by atoms with Gasteiger partial charge in [0.25, 0.3) is 0 Å². The molecule has 1 heterocycles. The highest BCUT2D eigenvalue weighted by molar-refractivity contribution is 7.89. The lowest BCUT2D eigenvalue weighted by Crippen LogP contribution is -2.22. The van der Waals surface area contributed by atoms with E-state index in [9.17, 15) is 22.7 Å². The molecule has 1 aromatic heterocycles. The number of allylic oxidation sites excluding steroid dienone is 1. The zero-order valence-corrected chi connectivity index (χ0v) is 19.3. The van der Waals surface area contributed by atoms with E-state index in [1.54, 1.807) is 41.8 Å². The Labute approximate surface area is 190 Å². The van der Waals surface area contributed by atoms with Crippen LogP contribution in [0.4, 0.5) is 4.39 Å². The summed E-state index contributed by atoms with van der Waals surface area (Å²) in [5.41, 5.74) is 2.22. The Hall–Kier alpha value is -2.72. The number of aromatic carboxylic acids is 1. The zero-order chi connectivity index (χ0) is 23.6. The van der Waals surface area contributed by atoms with Crippen LogP contribution >= 0.6 is 11.8 Å². The van der Waals surface area contributed by atoms with Crippen molar-refractivity contribution in [3.63, 3.8) is 0 Å². The smallest absolute Gasteiger partial charge is 0.337 e. The number of carboxylic acids is 1. The van der Waals surface area contributed by atoms with E-state index in [0.717, 1.165) is 4.31 Å². The Kier molecular flexibility index (Phi) is 7.04. The van der Waals surface area contributed by atoms with Crippen molar-refractivity contribution in [2.24, 2.45) is 0 Å². The van der Waals surface area contributed by atoms with Crippen LogP contribution in [0.1, 0.15) is 16.1 Å². The Morgan fingerprint density at radius 1 is 1.25 bits per heavy atom. The number of carboxylic acid groups (broad SMARTS) is 1. The van der Waals surface area contributed by atoms with Crippen molar-refractivity contribution in [3.05, 3.63) is 65.6 Å². The van der Waals surface area contributed by atoms with Crippen LogP contribution in [-0.4, -0.2) is 49.0 Å². The summed E-state index contributed by atoms with van der Waals surface area (Å²) in [6.07, 6.45) is 1.27. The highest BCUT2D eigenvalue weighted by Gasteiger charge is 2.23. The number of nitrogens with one attached hydrogen (secondary N) is 1. The average molecular weight is 480 g/mol. The molecule has 32 heavy (non-hydrogen) atoms. The van der Waals surface area contributed by atoms with Gasteiger partial charge in [-0.15, -0.1) is 0 Å². The van der Waals surface area contributed by atoms with E-state index in [4.69, 9.17) is 11.8 Å². The maximum atomic E-state index is 14.5. The minimum Gasteiger partial charge on any atom is -0.478 e. The van der Waals surface area contributed by atoms with Crippen LogP contribution in [-0.2, 0) is 16.6 Å². The third-order valence-electron chi connectivity index (χ3n) is 5.18. The predicted octanol–water partition coefficient (Wildman–Crippen LogP) is 4.16. The van der Waals surface area contributed by atoms with Crippen LogP contribution in [0.3, 0.4) is 0 Å². The first-order valence-corrected chi connectivity index (χ1v) is 11.5. The number of fused-ring (bicyclic) bond motifs is 1. The molecule has 3 rings (SSSR count). The average Bonchev–Trinajstić information content (AvgIpc) is 3.03. The van der Waals surface area contributed by atoms with Gasteiger partial charge >= 0.3 is 5.97 Å². The Morgan fingerprint density at radius 2 is 1.94 bits per heavy atom. The molecule has 0 aliphatic carbocycles. The largest absolute Gasteiger partial charge is 0.478 e. The van der Waals surface area contributed by atoms with Crippen LogP contribution < -0.4 is 4.84 Å². The van der Waals surface area contributed by atoms with Crippen LogP contribution in [0.5, 0.6) is 0 Å². The Balaban J connectivity index is 2.31. The third kappa shape index (κ3) is 4.42. The number of rotatable bonds is 8. The molecule has 0 aliphatic heterocycles. The summed E-state index contributed by atoms with van der Waals surface area (Å²) in [6, 6.07) is 11.2. The Bertz CT molecular complexity index is 1320. The minimum atomic E-state index is -3.67. The molecule has 7 nitrogen and oxygen atoms in total. The van der Waals surface area contributed by atoms with E-state index in [1.165, 1.54) is 32.3 Å². The number of sulfonamides is 1. The summed E-state index contributed by atoms with van der Waals surface area (Å²) >= 11 is 5.40. The van der Waals surface area contributed by atoms with Crippen molar-refractivity contribution in [1.29, 1.82) is 0 Å². The van der Waals surface area contributed by atoms with E-state index in [0.29, 0.717) is 27.7 Å². The second-order valence-electron chi connectivity index (χ2n) is 7.36. The minimum absolute atomic E-state index is 0.0252. The molecule has 0 spiro atoms. The van der Waals surface area contributed by atoms with Gasteiger partial charge in [0.1, 0.15) is 5.83 Å². The second-order valence-corrected chi connectivity index (χ2v) is 9.78. The first kappa shape index (κ1) is 23.9. The molecular formula is C22H23ClFN3O4S. The highest BCUT2D eigenvalue weighted by Crippen LogP contribution is 2.37. The maximum Gasteiger partial charge on any atom is 0.337 e. The molecule has 0 saturated heterocycles. The molecule has 0 atom stereocenters. The van der Waals surface area contributed by atoms with E-state index < -0.39 is 21.8 Å². The van der Waals surface area contributed by atoms with Crippen LogP contribution in [0.2, 0.25) is 0 Å². The molecule has 2 aromatic carbocycles. The number of hydrogen-bond donors (Lipinski definition) is 2. The molecule has 0 bridgehead atoms. The van der Waals surface area contributed by atoms with Gasteiger partial charge in [-0.2, -0.15) is 0 Å². The van der Waals surface area contributed by atoms with Crippen LogP contribution in [0, 0.1) is 6.92 Å². The molecule has 10 heteroatoms. The van der Waals surface area contributed by atoms with Gasteiger partial charge in [-0.05, 0) is 48.5 Å². The van der Waals surface area contributed by atoms with E-state index >= 15 is 0 Å². The quantitative estimate of drug-likeness (QED) is 0.473. The van der Waals surface area contributed by atoms with Gasteiger partial charge in [0.05, 0.1) is 22.5 Å². The fourth-order valence-corrected chi connectivity index (χ4v) is 4.68. The molecule has 2 N–H and O–H groups in total. The predicted molar refractivity (Wildman–Crippen MR) is 123 cm³/mol. The van der Waals surface area contributed by atoms with Crippen molar-refractivity contribution in [1.82, 2.24) is 13.7 Å². The fourth-order valence-electron chi connectivity index (χ4n) is 3.66. The molecule has 170 valence electrons. The van der Waals surface area contributed by atoms with Gasteiger partial charge in [0, 0.05) is 37.3 Å². The third-order valence-corrected chi connectivity index (χ3v) is 7.15. The SMILES string of the molecule is Cc1c(-c2cccc(S(=O)(=O)N(C)C)c2)c2cccc(C(=O)O)c2n1C/C(F)=C/CNCl. The van der Waals surface area contributed by atoms with Gasteiger partial charge in [-0.3, -0.25) is 0 Å². The summed E-state index contributed by atoms with van der Waals surface area (Å²) in [5.74, 6) is -1.63. The van der Waals surface area contributed by atoms with Gasteiger partial charge in [-0.25, -0.2) is 26.7 Å². The summed E-state index contributed by atoms with van der Waals surface area (Å²) < 4.78 is 42.5. The van der Waals surface area contributed by atoms with E-state index in [-0.39, 0.29) is 23.5 Å². The number of para-hydroxylation sites is 1. The normalized spacial score (nSPS) is 12.6. The molecular weight excluding hydrogens is 457 g/mol. The fraction of sp³-hybridized carbons (Fsp3) is 0.227.